The minimum Gasteiger partial charge on any atom is -0.396 e. The summed E-state index contributed by atoms with van der Waals surface area (Å²) in [6.07, 6.45) is 9.05. The average molecular weight is 296 g/mol. The lowest BCUT2D eigenvalue weighted by Gasteiger charge is -2.44. The SMILES string of the molecule is OCC1(CN2CCC(N3CCCCC3)CC2)CCCOC1. The maximum absolute atomic E-state index is 9.81. The Hall–Kier alpha value is -0.160. The van der Waals surface area contributed by atoms with Gasteiger partial charge in [-0.15, -0.1) is 0 Å². The topological polar surface area (TPSA) is 35.9 Å². The zero-order chi connectivity index (χ0) is 14.5. The standard InChI is InChI=1S/C17H32N2O2/c20-14-17(7-4-12-21-15-17)13-18-10-5-16(6-11-18)19-8-2-1-3-9-19/h16,20H,1-15H2. The van der Waals surface area contributed by atoms with Crippen molar-refractivity contribution in [1.29, 1.82) is 0 Å². The smallest absolute Gasteiger partial charge is 0.0556 e. The summed E-state index contributed by atoms with van der Waals surface area (Å²) in [5.74, 6) is 0. The van der Waals surface area contributed by atoms with Gasteiger partial charge in [0.05, 0.1) is 13.2 Å². The van der Waals surface area contributed by atoms with E-state index < -0.39 is 0 Å². The quantitative estimate of drug-likeness (QED) is 0.857. The van der Waals surface area contributed by atoms with E-state index in [9.17, 15) is 5.11 Å². The third-order valence-corrected chi connectivity index (χ3v) is 5.76. The molecule has 3 aliphatic heterocycles. The van der Waals surface area contributed by atoms with Gasteiger partial charge in [0.15, 0.2) is 0 Å². The Balaban J connectivity index is 1.46. The van der Waals surface area contributed by atoms with Crippen LogP contribution in [0.4, 0.5) is 0 Å². The summed E-state index contributed by atoms with van der Waals surface area (Å²) in [5.41, 5.74) is 0.0101. The Morgan fingerprint density at radius 1 is 1.00 bits per heavy atom. The highest BCUT2D eigenvalue weighted by Crippen LogP contribution is 2.31. The molecule has 122 valence electrons. The summed E-state index contributed by atoms with van der Waals surface area (Å²) >= 11 is 0. The minimum absolute atomic E-state index is 0.0101. The number of rotatable bonds is 4. The molecule has 4 nitrogen and oxygen atoms in total. The van der Waals surface area contributed by atoms with Gasteiger partial charge in [-0.25, -0.2) is 0 Å². The maximum atomic E-state index is 9.81. The Morgan fingerprint density at radius 2 is 1.76 bits per heavy atom. The van der Waals surface area contributed by atoms with Crippen molar-refractivity contribution >= 4 is 0 Å². The molecule has 0 aliphatic carbocycles. The molecule has 0 saturated carbocycles. The predicted octanol–water partition coefficient (Wildman–Crippen LogP) is 1.73. The zero-order valence-electron chi connectivity index (χ0n) is 13.4. The molecule has 0 aromatic heterocycles. The maximum Gasteiger partial charge on any atom is 0.0556 e. The first kappa shape index (κ1) is 15.7. The average Bonchev–Trinajstić information content (AvgIpc) is 2.57. The van der Waals surface area contributed by atoms with Crippen LogP contribution in [0.5, 0.6) is 0 Å². The van der Waals surface area contributed by atoms with E-state index >= 15 is 0 Å². The van der Waals surface area contributed by atoms with Gasteiger partial charge in [0, 0.05) is 24.6 Å². The van der Waals surface area contributed by atoms with Gasteiger partial charge < -0.3 is 19.6 Å². The van der Waals surface area contributed by atoms with Crippen molar-refractivity contribution in [2.24, 2.45) is 5.41 Å². The Labute approximate surface area is 129 Å². The summed E-state index contributed by atoms with van der Waals surface area (Å²) in [5, 5.41) is 9.81. The van der Waals surface area contributed by atoms with E-state index in [1.807, 2.05) is 0 Å². The van der Waals surface area contributed by atoms with Crippen LogP contribution < -0.4 is 0 Å². The summed E-state index contributed by atoms with van der Waals surface area (Å²) in [6.45, 7) is 7.95. The van der Waals surface area contributed by atoms with E-state index in [1.54, 1.807) is 0 Å². The Kier molecular flexibility index (Phi) is 5.54. The summed E-state index contributed by atoms with van der Waals surface area (Å²) in [6, 6.07) is 0.814. The molecule has 3 saturated heterocycles. The highest BCUT2D eigenvalue weighted by atomic mass is 16.5. The van der Waals surface area contributed by atoms with Crippen molar-refractivity contribution in [3.05, 3.63) is 0 Å². The molecule has 3 aliphatic rings. The minimum atomic E-state index is 0.0101. The van der Waals surface area contributed by atoms with Gasteiger partial charge in [-0.1, -0.05) is 6.42 Å². The van der Waals surface area contributed by atoms with Crippen LogP contribution in [0.25, 0.3) is 0 Å². The molecule has 3 heterocycles. The van der Waals surface area contributed by atoms with Gasteiger partial charge in [0.2, 0.25) is 0 Å². The molecule has 0 aromatic carbocycles. The number of hydrogen-bond donors (Lipinski definition) is 1. The van der Waals surface area contributed by atoms with Crippen molar-refractivity contribution in [2.45, 2.75) is 51.0 Å². The lowest BCUT2D eigenvalue weighted by Crippen LogP contribution is -2.51. The first-order valence-electron chi connectivity index (χ1n) is 8.96. The van der Waals surface area contributed by atoms with Crippen LogP contribution in [-0.4, -0.2) is 73.5 Å². The number of aliphatic hydroxyl groups is 1. The van der Waals surface area contributed by atoms with Crippen LogP contribution in [0.3, 0.4) is 0 Å². The number of nitrogens with zero attached hydrogens (tertiary/aromatic N) is 2. The molecule has 4 heteroatoms. The van der Waals surface area contributed by atoms with Crippen LogP contribution in [0.1, 0.15) is 44.9 Å². The van der Waals surface area contributed by atoms with Crippen LogP contribution in [0, 0.1) is 5.41 Å². The molecule has 3 rings (SSSR count). The fourth-order valence-electron chi connectivity index (χ4n) is 4.41. The fraction of sp³-hybridized carbons (Fsp3) is 1.00. The second-order valence-corrected chi connectivity index (χ2v) is 7.42. The van der Waals surface area contributed by atoms with Crippen molar-refractivity contribution in [3.63, 3.8) is 0 Å². The summed E-state index contributed by atoms with van der Waals surface area (Å²) in [7, 11) is 0. The Bertz CT molecular complexity index is 304. The largest absolute Gasteiger partial charge is 0.396 e. The number of ether oxygens (including phenoxy) is 1. The predicted molar refractivity (Wildman–Crippen MR) is 84.5 cm³/mol. The Morgan fingerprint density at radius 3 is 2.38 bits per heavy atom. The molecule has 0 radical (unpaired) electrons. The van der Waals surface area contributed by atoms with E-state index in [0.717, 1.165) is 38.6 Å². The zero-order valence-corrected chi connectivity index (χ0v) is 13.4. The molecule has 21 heavy (non-hydrogen) atoms. The summed E-state index contributed by atoms with van der Waals surface area (Å²) < 4.78 is 5.64. The van der Waals surface area contributed by atoms with Crippen molar-refractivity contribution < 1.29 is 9.84 Å². The van der Waals surface area contributed by atoms with Crippen LogP contribution in [0.15, 0.2) is 0 Å². The van der Waals surface area contributed by atoms with Crippen molar-refractivity contribution in [1.82, 2.24) is 9.80 Å². The lowest BCUT2D eigenvalue weighted by atomic mass is 9.82. The van der Waals surface area contributed by atoms with E-state index in [-0.39, 0.29) is 12.0 Å². The van der Waals surface area contributed by atoms with E-state index in [0.29, 0.717) is 0 Å². The van der Waals surface area contributed by atoms with Gasteiger partial charge in [-0.3, -0.25) is 0 Å². The van der Waals surface area contributed by atoms with Gasteiger partial charge in [0.25, 0.3) is 0 Å². The molecule has 1 atom stereocenters. The second kappa shape index (κ2) is 7.40. The van der Waals surface area contributed by atoms with Crippen molar-refractivity contribution in [3.8, 4) is 0 Å². The molecular formula is C17H32N2O2. The van der Waals surface area contributed by atoms with Gasteiger partial charge in [-0.2, -0.15) is 0 Å². The fourth-order valence-corrected chi connectivity index (χ4v) is 4.41. The third-order valence-electron chi connectivity index (χ3n) is 5.76. The number of hydrogen-bond acceptors (Lipinski definition) is 4. The summed E-state index contributed by atoms with van der Waals surface area (Å²) in [4.78, 5) is 5.30. The van der Waals surface area contributed by atoms with Gasteiger partial charge in [0.1, 0.15) is 0 Å². The molecule has 0 bridgehead atoms. The molecular weight excluding hydrogens is 264 g/mol. The normalized spacial score (nSPS) is 34.1. The molecule has 1 unspecified atom stereocenters. The number of piperidine rings is 2. The monoisotopic (exact) mass is 296 g/mol. The van der Waals surface area contributed by atoms with Gasteiger partial charge in [-0.05, 0) is 64.7 Å². The molecule has 1 N–H and O–H groups in total. The number of likely N-dealkylation sites (tertiary alicyclic amines) is 2. The highest BCUT2D eigenvalue weighted by Gasteiger charge is 2.36. The third kappa shape index (κ3) is 3.98. The lowest BCUT2D eigenvalue weighted by molar-refractivity contribution is -0.0603. The van der Waals surface area contributed by atoms with E-state index in [4.69, 9.17) is 4.74 Å². The first-order chi connectivity index (χ1) is 10.3. The van der Waals surface area contributed by atoms with E-state index in [1.165, 1.54) is 58.3 Å². The molecule has 3 fully saturated rings. The van der Waals surface area contributed by atoms with Crippen LogP contribution in [0.2, 0.25) is 0 Å². The number of aliphatic hydroxyl groups excluding tert-OH is 1. The van der Waals surface area contributed by atoms with E-state index in [2.05, 4.69) is 9.80 Å². The molecule has 0 amide bonds. The van der Waals surface area contributed by atoms with Crippen LogP contribution >= 0.6 is 0 Å². The first-order valence-corrected chi connectivity index (χ1v) is 8.96. The molecule has 0 spiro atoms. The van der Waals surface area contributed by atoms with Crippen LogP contribution in [-0.2, 0) is 4.74 Å². The highest BCUT2D eigenvalue weighted by molar-refractivity contribution is 4.88. The second-order valence-electron chi connectivity index (χ2n) is 7.42. The van der Waals surface area contributed by atoms with Crippen molar-refractivity contribution in [2.75, 3.05) is 52.5 Å². The van der Waals surface area contributed by atoms with Gasteiger partial charge >= 0.3 is 0 Å². The molecule has 0 aromatic rings.